The minimum Gasteiger partial charge on any atom is -0.481 e. The van der Waals surface area contributed by atoms with Crippen LogP contribution < -0.4 is 0 Å². The van der Waals surface area contributed by atoms with Crippen molar-refractivity contribution in [1.82, 2.24) is 0 Å². The molecule has 0 aromatic carbocycles. The fraction of sp³-hybridized carbons (Fsp3) is 0.889. The van der Waals surface area contributed by atoms with Crippen molar-refractivity contribution in [3.63, 3.8) is 0 Å². The number of aliphatic carboxylic acids is 1. The van der Waals surface area contributed by atoms with Crippen molar-refractivity contribution < 1.29 is 19.7 Å². The summed E-state index contributed by atoms with van der Waals surface area (Å²) in [7, 11) is 0. The zero-order chi connectivity index (χ0) is 10.5. The molecule has 2 N–H and O–H groups in total. The number of aliphatic hydroxyl groups is 1. The minimum absolute atomic E-state index is 0.202. The summed E-state index contributed by atoms with van der Waals surface area (Å²) in [5, 5.41) is 18.1. The van der Waals surface area contributed by atoms with Crippen LogP contribution in [-0.2, 0) is 9.53 Å². The molecule has 0 fully saturated rings. The van der Waals surface area contributed by atoms with Crippen LogP contribution in [0.2, 0.25) is 0 Å². The smallest absolute Gasteiger partial charge is 0.309 e. The summed E-state index contributed by atoms with van der Waals surface area (Å²) in [6, 6.07) is 0. The van der Waals surface area contributed by atoms with Crippen LogP contribution in [0.15, 0.2) is 0 Å². The summed E-state index contributed by atoms with van der Waals surface area (Å²) in [6.45, 7) is 5.74. The van der Waals surface area contributed by atoms with E-state index >= 15 is 0 Å². The van der Waals surface area contributed by atoms with Crippen molar-refractivity contribution in [3.8, 4) is 0 Å². The Hall–Kier alpha value is -0.610. The Kier molecular flexibility index (Phi) is 4.95. The van der Waals surface area contributed by atoms with Crippen molar-refractivity contribution >= 4 is 5.97 Å². The summed E-state index contributed by atoms with van der Waals surface area (Å²) in [6.07, 6.45) is -0.492. The van der Waals surface area contributed by atoms with Crippen LogP contribution in [0.5, 0.6) is 0 Å². The van der Waals surface area contributed by atoms with Crippen molar-refractivity contribution in [3.05, 3.63) is 0 Å². The Morgan fingerprint density at radius 1 is 1.54 bits per heavy atom. The number of hydrogen-bond acceptors (Lipinski definition) is 3. The van der Waals surface area contributed by atoms with Crippen LogP contribution in [0, 0.1) is 5.41 Å². The van der Waals surface area contributed by atoms with Crippen molar-refractivity contribution in [2.75, 3.05) is 13.2 Å². The van der Waals surface area contributed by atoms with E-state index in [1.165, 1.54) is 0 Å². The predicted octanol–water partition coefficient (Wildman–Crippen LogP) is 0.885. The molecule has 78 valence electrons. The van der Waals surface area contributed by atoms with Gasteiger partial charge in [-0.3, -0.25) is 4.79 Å². The molecule has 0 heterocycles. The largest absolute Gasteiger partial charge is 0.481 e. The Balaban J connectivity index is 3.89. The zero-order valence-corrected chi connectivity index (χ0v) is 8.41. The molecule has 4 heteroatoms. The highest BCUT2D eigenvalue weighted by Gasteiger charge is 2.29. The average molecular weight is 190 g/mol. The molecule has 1 unspecified atom stereocenters. The van der Waals surface area contributed by atoms with Crippen LogP contribution in [-0.4, -0.2) is 35.5 Å². The van der Waals surface area contributed by atoms with Gasteiger partial charge in [-0.2, -0.15) is 0 Å². The Labute approximate surface area is 78.5 Å². The van der Waals surface area contributed by atoms with Gasteiger partial charge in [0.1, 0.15) is 0 Å². The molecule has 0 aliphatic heterocycles. The van der Waals surface area contributed by atoms with Gasteiger partial charge in [0, 0.05) is 6.61 Å². The first kappa shape index (κ1) is 12.4. The topological polar surface area (TPSA) is 66.8 Å². The van der Waals surface area contributed by atoms with Crippen molar-refractivity contribution in [2.45, 2.75) is 33.3 Å². The molecule has 0 aliphatic rings. The lowest BCUT2D eigenvalue weighted by Gasteiger charge is -2.22. The van der Waals surface area contributed by atoms with Gasteiger partial charge in [0.05, 0.1) is 18.1 Å². The average Bonchev–Trinajstić information content (AvgIpc) is 1.99. The lowest BCUT2D eigenvalue weighted by molar-refractivity contribution is -0.149. The molecule has 0 rings (SSSR count). The third-order valence-electron chi connectivity index (χ3n) is 1.84. The minimum atomic E-state index is -0.900. The van der Waals surface area contributed by atoms with E-state index in [0.29, 0.717) is 6.61 Å². The molecule has 0 aromatic heterocycles. The monoisotopic (exact) mass is 190 g/mol. The highest BCUT2D eigenvalue weighted by molar-refractivity contribution is 5.73. The number of ether oxygens (including phenoxy) is 1. The van der Waals surface area contributed by atoms with Crippen molar-refractivity contribution in [2.24, 2.45) is 5.41 Å². The molecule has 13 heavy (non-hydrogen) atoms. The predicted molar refractivity (Wildman–Crippen MR) is 48.5 cm³/mol. The number of rotatable bonds is 6. The van der Waals surface area contributed by atoms with Gasteiger partial charge in [-0.05, 0) is 27.2 Å². The highest BCUT2D eigenvalue weighted by atomic mass is 16.5. The number of carboxylic acids is 1. The highest BCUT2D eigenvalue weighted by Crippen LogP contribution is 2.22. The van der Waals surface area contributed by atoms with Gasteiger partial charge in [0.25, 0.3) is 0 Å². The summed E-state index contributed by atoms with van der Waals surface area (Å²) < 4.78 is 4.98. The molecular weight excluding hydrogens is 172 g/mol. The lowest BCUT2D eigenvalue weighted by atomic mass is 9.87. The Bertz CT molecular complexity index is 165. The first-order valence-electron chi connectivity index (χ1n) is 4.39. The molecule has 0 amide bonds. The maximum Gasteiger partial charge on any atom is 0.309 e. The second kappa shape index (κ2) is 5.19. The van der Waals surface area contributed by atoms with Gasteiger partial charge in [-0.1, -0.05) is 0 Å². The van der Waals surface area contributed by atoms with Crippen LogP contribution in [0.3, 0.4) is 0 Å². The first-order valence-corrected chi connectivity index (χ1v) is 4.39. The number of aliphatic hydroxyl groups excluding tert-OH is 1. The number of hydrogen-bond donors (Lipinski definition) is 2. The maximum atomic E-state index is 10.7. The number of carboxylic acid groups (broad SMARTS) is 1. The van der Waals surface area contributed by atoms with Gasteiger partial charge in [0.2, 0.25) is 0 Å². The summed E-state index contributed by atoms with van der Waals surface area (Å²) in [4.78, 5) is 10.7. The van der Waals surface area contributed by atoms with E-state index in [4.69, 9.17) is 9.84 Å². The van der Waals surface area contributed by atoms with Gasteiger partial charge < -0.3 is 14.9 Å². The zero-order valence-electron chi connectivity index (χ0n) is 8.41. The molecule has 0 aliphatic carbocycles. The standard InChI is InChI=1S/C9H18O4/c1-4-13-6-7(10)5-9(2,3)8(11)12/h7,10H,4-6H2,1-3H3,(H,11,12). The fourth-order valence-electron chi connectivity index (χ4n) is 0.989. The molecule has 1 atom stereocenters. The molecule has 4 nitrogen and oxygen atoms in total. The molecular formula is C9H18O4. The van der Waals surface area contributed by atoms with Crippen molar-refractivity contribution in [1.29, 1.82) is 0 Å². The van der Waals surface area contributed by atoms with Gasteiger partial charge in [-0.15, -0.1) is 0 Å². The fourth-order valence-corrected chi connectivity index (χ4v) is 0.989. The van der Waals surface area contributed by atoms with E-state index in [1.54, 1.807) is 13.8 Å². The third kappa shape index (κ3) is 4.85. The molecule has 0 saturated carbocycles. The van der Waals surface area contributed by atoms with E-state index in [2.05, 4.69) is 0 Å². The SMILES string of the molecule is CCOCC(O)CC(C)(C)C(=O)O. The van der Waals surface area contributed by atoms with E-state index in [0.717, 1.165) is 0 Å². The third-order valence-corrected chi connectivity index (χ3v) is 1.84. The second-order valence-corrected chi connectivity index (χ2v) is 3.71. The molecule has 0 radical (unpaired) electrons. The molecule has 0 aromatic rings. The van der Waals surface area contributed by atoms with E-state index in [9.17, 15) is 9.90 Å². The van der Waals surface area contributed by atoms with Crippen LogP contribution in [0.4, 0.5) is 0 Å². The normalized spacial score (nSPS) is 14.2. The first-order chi connectivity index (χ1) is 5.90. The number of carbonyl (C=O) groups is 1. The summed E-state index contributed by atoms with van der Waals surface area (Å²) >= 11 is 0. The quantitative estimate of drug-likeness (QED) is 0.652. The summed E-state index contributed by atoms with van der Waals surface area (Å²) in [5.74, 6) is -0.900. The maximum absolute atomic E-state index is 10.7. The molecule has 0 saturated heterocycles. The van der Waals surface area contributed by atoms with Crippen LogP contribution in [0.25, 0.3) is 0 Å². The summed E-state index contributed by atoms with van der Waals surface area (Å²) in [5.41, 5.74) is -0.892. The van der Waals surface area contributed by atoms with Gasteiger partial charge in [-0.25, -0.2) is 0 Å². The van der Waals surface area contributed by atoms with E-state index in [1.807, 2.05) is 6.92 Å². The Morgan fingerprint density at radius 3 is 2.46 bits per heavy atom. The van der Waals surface area contributed by atoms with Gasteiger partial charge >= 0.3 is 5.97 Å². The van der Waals surface area contributed by atoms with Crippen LogP contribution in [0.1, 0.15) is 27.2 Å². The molecule has 0 spiro atoms. The Morgan fingerprint density at radius 2 is 2.08 bits per heavy atom. The van der Waals surface area contributed by atoms with E-state index in [-0.39, 0.29) is 13.0 Å². The van der Waals surface area contributed by atoms with E-state index < -0.39 is 17.5 Å². The van der Waals surface area contributed by atoms with Crippen LogP contribution >= 0.6 is 0 Å². The van der Waals surface area contributed by atoms with Gasteiger partial charge in [0.15, 0.2) is 0 Å². The lowest BCUT2D eigenvalue weighted by Crippen LogP contribution is -2.31. The molecule has 0 bridgehead atoms. The second-order valence-electron chi connectivity index (χ2n) is 3.71.